The molecule has 0 amide bonds. The highest BCUT2D eigenvalue weighted by Gasteiger charge is 2.71. The Morgan fingerprint density at radius 3 is 2.28 bits per heavy atom. The first-order chi connectivity index (χ1) is 21.7. The van der Waals surface area contributed by atoms with Gasteiger partial charge in [-0.25, -0.2) is 14.4 Å². The Hall–Kier alpha value is -4.13. The molecule has 1 fully saturated rings. The number of ether oxygens (including phenoxy) is 7. The second kappa shape index (κ2) is 12.6. The minimum Gasteiger partial charge on any atom is -0.493 e. The van der Waals surface area contributed by atoms with Crippen LogP contribution in [0.25, 0.3) is 0 Å². The highest BCUT2D eigenvalue weighted by molar-refractivity contribution is 5.90. The lowest BCUT2D eigenvalue weighted by molar-refractivity contribution is -0.194. The molecule has 1 aromatic carbocycles. The van der Waals surface area contributed by atoms with Crippen LogP contribution in [0.3, 0.4) is 0 Å². The summed E-state index contributed by atoms with van der Waals surface area (Å²) in [5.74, 6) is -4.49. The van der Waals surface area contributed by atoms with Crippen LogP contribution in [0.5, 0.6) is 11.5 Å². The van der Waals surface area contributed by atoms with Gasteiger partial charge in [0.15, 0.2) is 23.7 Å². The number of hydrogen-bond acceptors (Lipinski definition) is 13. The van der Waals surface area contributed by atoms with Crippen molar-refractivity contribution >= 4 is 29.8 Å². The molecular formula is C33H40O13. The second-order valence-corrected chi connectivity index (χ2v) is 12.7. The van der Waals surface area contributed by atoms with Crippen molar-refractivity contribution in [1.29, 1.82) is 0 Å². The van der Waals surface area contributed by atoms with Gasteiger partial charge in [0.1, 0.15) is 5.76 Å². The fraction of sp³-hybridized carbons (Fsp3) is 0.606. The van der Waals surface area contributed by atoms with Crippen LogP contribution in [0.1, 0.15) is 71.4 Å². The Morgan fingerprint density at radius 2 is 1.65 bits per heavy atom. The monoisotopic (exact) mass is 644 g/mol. The summed E-state index contributed by atoms with van der Waals surface area (Å²) in [6.07, 6.45) is -2.05. The molecule has 0 aromatic heterocycles. The average Bonchev–Trinajstić information content (AvgIpc) is 3.33. The number of benzene rings is 1. The van der Waals surface area contributed by atoms with Gasteiger partial charge in [-0.2, -0.15) is 0 Å². The lowest BCUT2D eigenvalue weighted by Gasteiger charge is -2.59. The van der Waals surface area contributed by atoms with Crippen LogP contribution in [-0.4, -0.2) is 78.7 Å². The van der Waals surface area contributed by atoms with E-state index >= 15 is 0 Å². The molecule has 46 heavy (non-hydrogen) atoms. The predicted octanol–water partition coefficient (Wildman–Crippen LogP) is 2.61. The molecule has 5 rings (SSSR count). The van der Waals surface area contributed by atoms with Crippen molar-refractivity contribution < 1.29 is 62.2 Å². The molecular weight excluding hydrogens is 604 g/mol. The lowest BCUT2D eigenvalue weighted by Crippen LogP contribution is -2.67. The third kappa shape index (κ3) is 5.58. The van der Waals surface area contributed by atoms with Gasteiger partial charge in [-0.3, -0.25) is 9.59 Å². The van der Waals surface area contributed by atoms with Gasteiger partial charge >= 0.3 is 29.8 Å². The third-order valence-corrected chi connectivity index (χ3v) is 9.20. The zero-order chi connectivity index (χ0) is 33.6. The number of hydrogen-bond donors (Lipinski definition) is 1. The van der Waals surface area contributed by atoms with Gasteiger partial charge in [0, 0.05) is 19.4 Å². The fourth-order valence-electron chi connectivity index (χ4n) is 7.34. The number of rotatable bonds is 11. The number of carbonyl (C=O) groups excluding carboxylic acids is 5. The molecule has 7 atom stereocenters. The van der Waals surface area contributed by atoms with E-state index in [1.807, 2.05) is 26.0 Å². The van der Waals surface area contributed by atoms with Crippen LogP contribution in [0.15, 0.2) is 24.0 Å². The molecule has 250 valence electrons. The first kappa shape index (κ1) is 33.2. The summed E-state index contributed by atoms with van der Waals surface area (Å²) in [6.45, 7) is 6.95. The van der Waals surface area contributed by atoms with Gasteiger partial charge in [-0.1, -0.05) is 26.3 Å². The Labute approximate surface area is 266 Å². The predicted molar refractivity (Wildman–Crippen MR) is 156 cm³/mol. The lowest BCUT2D eigenvalue weighted by atomic mass is 9.47. The molecule has 13 nitrogen and oxygen atoms in total. The summed E-state index contributed by atoms with van der Waals surface area (Å²) < 4.78 is 38.4. The van der Waals surface area contributed by atoms with Crippen LogP contribution in [0.4, 0.5) is 0 Å². The molecule has 4 aliphatic rings. The summed E-state index contributed by atoms with van der Waals surface area (Å²) in [4.78, 5) is 63.5. The molecule has 1 spiro atoms. The minimum absolute atomic E-state index is 0.0193. The van der Waals surface area contributed by atoms with E-state index in [-0.39, 0.29) is 30.6 Å². The number of carbonyl (C=O) groups is 5. The Bertz CT molecular complexity index is 1460. The fourth-order valence-corrected chi connectivity index (χ4v) is 7.34. The van der Waals surface area contributed by atoms with Crippen molar-refractivity contribution in [3.63, 3.8) is 0 Å². The van der Waals surface area contributed by atoms with E-state index in [0.29, 0.717) is 24.3 Å². The molecule has 1 N–H and O–H groups in total. The molecule has 1 aromatic rings. The van der Waals surface area contributed by atoms with E-state index in [0.717, 1.165) is 37.8 Å². The zero-order valence-corrected chi connectivity index (χ0v) is 26.8. The smallest absolute Gasteiger partial charge is 0.357 e. The van der Waals surface area contributed by atoms with Crippen molar-refractivity contribution in [3.05, 3.63) is 35.1 Å². The van der Waals surface area contributed by atoms with Gasteiger partial charge in [0.05, 0.1) is 24.7 Å². The number of methoxy groups -OCH3 is 1. The Morgan fingerprint density at radius 1 is 0.978 bits per heavy atom. The van der Waals surface area contributed by atoms with E-state index in [1.54, 1.807) is 6.08 Å². The molecule has 0 saturated heterocycles. The van der Waals surface area contributed by atoms with Crippen LogP contribution in [-0.2, 0) is 59.5 Å². The van der Waals surface area contributed by atoms with Crippen molar-refractivity contribution in [2.45, 2.75) is 102 Å². The maximum absolute atomic E-state index is 13.8. The molecule has 13 heteroatoms. The van der Waals surface area contributed by atoms with Crippen LogP contribution >= 0.6 is 0 Å². The summed E-state index contributed by atoms with van der Waals surface area (Å²) >= 11 is 0. The van der Waals surface area contributed by atoms with Gasteiger partial charge in [-0.05, 0) is 62.1 Å². The van der Waals surface area contributed by atoms with E-state index in [4.69, 9.17) is 33.2 Å². The van der Waals surface area contributed by atoms with Gasteiger partial charge in [-0.15, -0.1) is 0 Å². The molecule has 0 radical (unpaired) electrons. The van der Waals surface area contributed by atoms with Crippen molar-refractivity contribution in [2.24, 2.45) is 11.8 Å². The molecule has 0 unspecified atom stereocenters. The largest absolute Gasteiger partial charge is 0.493 e. The van der Waals surface area contributed by atoms with Crippen molar-refractivity contribution in [3.8, 4) is 11.5 Å². The second-order valence-electron chi connectivity index (χ2n) is 12.7. The molecule has 1 aliphatic heterocycles. The SMILES string of the molecule is COc1ccc2c3c1O[C@H]1C(OC(=O)[C@H](OC(C)=O)[C@@H](OC(C)=O)C(=O)O[C@@H](C)C(=O)OCC(C)C)=CC[C@@]4(O)[C@H](CCC[C@]314)C2. The average molecular weight is 645 g/mol. The zero-order valence-electron chi connectivity index (χ0n) is 26.8. The van der Waals surface area contributed by atoms with Gasteiger partial charge in [0.25, 0.3) is 0 Å². The summed E-state index contributed by atoms with van der Waals surface area (Å²) in [6, 6.07) is 3.78. The van der Waals surface area contributed by atoms with Crippen LogP contribution in [0, 0.1) is 11.8 Å². The number of esters is 5. The minimum atomic E-state index is -2.12. The van der Waals surface area contributed by atoms with Crippen LogP contribution in [0.2, 0.25) is 0 Å². The van der Waals surface area contributed by atoms with Crippen molar-refractivity contribution in [1.82, 2.24) is 0 Å². The molecule has 3 aliphatic carbocycles. The first-order valence-corrected chi connectivity index (χ1v) is 15.5. The van der Waals surface area contributed by atoms with E-state index in [2.05, 4.69) is 0 Å². The Balaban J connectivity index is 1.45. The van der Waals surface area contributed by atoms with E-state index < -0.39 is 65.3 Å². The quantitative estimate of drug-likeness (QED) is 0.276. The maximum atomic E-state index is 13.8. The normalized spacial score (nSPS) is 27.1. The summed E-state index contributed by atoms with van der Waals surface area (Å²) in [7, 11) is 1.51. The van der Waals surface area contributed by atoms with Gasteiger partial charge in [0.2, 0.25) is 12.2 Å². The molecule has 1 heterocycles. The molecule has 2 bridgehead atoms. The third-order valence-electron chi connectivity index (χ3n) is 9.20. The number of aliphatic hydroxyl groups is 1. The summed E-state index contributed by atoms with van der Waals surface area (Å²) in [5, 5.41) is 12.3. The van der Waals surface area contributed by atoms with E-state index in [1.165, 1.54) is 14.0 Å². The molecule has 1 saturated carbocycles. The first-order valence-electron chi connectivity index (χ1n) is 15.5. The summed E-state index contributed by atoms with van der Waals surface area (Å²) in [5.41, 5.74) is -0.282. The topological polar surface area (TPSA) is 170 Å². The van der Waals surface area contributed by atoms with E-state index in [9.17, 15) is 29.1 Å². The van der Waals surface area contributed by atoms with Crippen molar-refractivity contribution in [2.75, 3.05) is 13.7 Å². The highest BCUT2D eigenvalue weighted by Crippen LogP contribution is 2.67. The maximum Gasteiger partial charge on any atom is 0.357 e. The standard InChI is InChI=1S/C33H40O13/c1-16(2)15-41-29(36)17(3)42-30(37)26(43-18(4)34)27(44-19(5)35)31(38)45-23-11-13-33(39)21-8-7-12-32(33)24-20(14-21)9-10-22(40-6)25(24)46-28(23)32/h9-11,16-17,21,26-28,39H,7-8,12-15H2,1-6H3/t17-,21+,26+,27+,28-,32-,33+/m0/s1. The highest BCUT2D eigenvalue weighted by atomic mass is 16.7. The Kier molecular flexibility index (Phi) is 9.09. The van der Waals surface area contributed by atoms with Crippen LogP contribution < -0.4 is 9.47 Å². The van der Waals surface area contributed by atoms with Gasteiger partial charge < -0.3 is 38.3 Å².